The van der Waals surface area contributed by atoms with Crippen LogP contribution in [0.5, 0.6) is 11.5 Å². The van der Waals surface area contributed by atoms with E-state index < -0.39 is 0 Å². The van der Waals surface area contributed by atoms with Gasteiger partial charge in [0.25, 0.3) is 5.91 Å². The maximum Gasteiger partial charge on any atom is 0.264 e. The summed E-state index contributed by atoms with van der Waals surface area (Å²) in [4.78, 5) is 16.9. The molecule has 2 aromatic carbocycles. The van der Waals surface area contributed by atoms with Gasteiger partial charge in [0.15, 0.2) is 16.7 Å². The molecule has 2 N–H and O–H groups in total. The van der Waals surface area contributed by atoms with Crippen LogP contribution < -0.4 is 10.1 Å². The fraction of sp³-hybridized carbons (Fsp3) is 0.0588. The van der Waals surface area contributed by atoms with Crippen LogP contribution in [0, 0.1) is 0 Å². The molecule has 0 aromatic heterocycles. The lowest BCUT2D eigenvalue weighted by Crippen LogP contribution is -2.19. The number of thioether (sulfide) groups is 1. The average molecular weight is 395 g/mol. The number of aromatic hydroxyl groups is 1. The Hall–Kier alpha value is -2.15. The van der Waals surface area contributed by atoms with Crippen molar-refractivity contribution in [2.75, 3.05) is 7.11 Å². The molecule has 0 aliphatic carbocycles. The smallest absolute Gasteiger partial charge is 0.264 e. The molecule has 0 bridgehead atoms. The van der Waals surface area contributed by atoms with Gasteiger partial charge in [0.05, 0.1) is 27.7 Å². The molecule has 0 atom stereocenters. The maximum absolute atomic E-state index is 12.1. The Morgan fingerprint density at radius 2 is 2.00 bits per heavy atom. The van der Waals surface area contributed by atoms with E-state index in [1.54, 1.807) is 36.4 Å². The van der Waals surface area contributed by atoms with Crippen molar-refractivity contribution in [3.05, 3.63) is 56.9 Å². The number of para-hydroxylation sites is 1. The minimum Gasteiger partial charge on any atom is -0.503 e. The fourth-order valence-electron chi connectivity index (χ4n) is 2.12. The van der Waals surface area contributed by atoms with Gasteiger partial charge in [-0.2, -0.15) is 0 Å². The number of carbonyl (C=O) groups excluding carboxylic acids is 1. The van der Waals surface area contributed by atoms with Gasteiger partial charge in [-0.25, -0.2) is 4.99 Å². The SMILES string of the molecule is COc1cc(/C=C2/SC(=Nc3ccccc3Cl)NC2=O)cc(Cl)c1O. The number of amides is 1. The zero-order valence-electron chi connectivity index (χ0n) is 12.9. The molecule has 1 aliphatic heterocycles. The highest BCUT2D eigenvalue weighted by molar-refractivity contribution is 8.18. The summed E-state index contributed by atoms with van der Waals surface area (Å²) in [6.45, 7) is 0. The normalized spacial score (nSPS) is 17.2. The highest BCUT2D eigenvalue weighted by Gasteiger charge is 2.24. The van der Waals surface area contributed by atoms with Crippen LogP contribution in [0.25, 0.3) is 6.08 Å². The van der Waals surface area contributed by atoms with E-state index in [2.05, 4.69) is 10.3 Å². The van der Waals surface area contributed by atoms with Crippen molar-refractivity contribution in [1.82, 2.24) is 5.32 Å². The molecule has 5 nitrogen and oxygen atoms in total. The number of benzene rings is 2. The minimum atomic E-state index is -0.279. The van der Waals surface area contributed by atoms with Gasteiger partial charge in [0.1, 0.15) is 0 Å². The number of aliphatic imine (C=N–C) groups is 1. The summed E-state index contributed by atoms with van der Waals surface area (Å²) in [5.41, 5.74) is 1.19. The number of phenolic OH excluding ortho intramolecular Hbond substituents is 1. The third kappa shape index (κ3) is 3.92. The van der Waals surface area contributed by atoms with E-state index in [4.69, 9.17) is 27.9 Å². The summed E-state index contributed by atoms with van der Waals surface area (Å²) in [6.07, 6.45) is 1.64. The van der Waals surface area contributed by atoms with Gasteiger partial charge in [0.2, 0.25) is 0 Å². The first-order chi connectivity index (χ1) is 12.0. The van der Waals surface area contributed by atoms with E-state index >= 15 is 0 Å². The molecular formula is C17H12Cl2N2O3S. The van der Waals surface area contributed by atoms with Crippen molar-refractivity contribution < 1.29 is 14.6 Å². The van der Waals surface area contributed by atoms with Crippen molar-refractivity contribution in [1.29, 1.82) is 0 Å². The van der Waals surface area contributed by atoms with Crippen molar-refractivity contribution in [3.63, 3.8) is 0 Å². The van der Waals surface area contributed by atoms with E-state index in [0.29, 0.717) is 26.3 Å². The van der Waals surface area contributed by atoms with E-state index in [1.165, 1.54) is 18.9 Å². The summed E-state index contributed by atoms with van der Waals surface area (Å²) in [5.74, 6) is -0.192. The monoisotopic (exact) mass is 394 g/mol. The predicted molar refractivity (Wildman–Crippen MR) is 102 cm³/mol. The lowest BCUT2D eigenvalue weighted by Gasteiger charge is -2.06. The number of amidine groups is 1. The summed E-state index contributed by atoms with van der Waals surface area (Å²) >= 11 is 13.2. The molecule has 0 saturated carbocycles. The molecule has 1 aliphatic rings. The van der Waals surface area contributed by atoms with Gasteiger partial charge in [-0.05, 0) is 47.7 Å². The Labute approximate surface area is 158 Å². The Bertz CT molecular complexity index is 913. The molecule has 1 fully saturated rings. The number of rotatable bonds is 3. The molecule has 0 radical (unpaired) electrons. The van der Waals surface area contributed by atoms with Crippen molar-refractivity contribution in [2.24, 2.45) is 4.99 Å². The standard InChI is InChI=1S/C17H12Cl2N2O3S/c1-24-13-7-9(6-11(19)15(13)22)8-14-16(23)21-17(25-14)20-12-5-3-2-4-10(12)18/h2-8,22H,1H3,(H,20,21,23)/b14-8+. The van der Waals surface area contributed by atoms with E-state index in [9.17, 15) is 9.90 Å². The molecule has 8 heteroatoms. The van der Waals surface area contributed by atoms with Crippen LogP contribution in [0.3, 0.4) is 0 Å². The van der Waals surface area contributed by atoms with E-state index in [0.717, 1.165) is 0 Å². The number of hydrogen-bond donors (Lipinski definition) is 2. The topological polar surface area (TPSA) is 70.9 Å². The lowest BCUT2D eigenvalue weighted by molar-refractivity contribution is -0.115. The zero-order chi connectivity index (χ0) is 18.0. The second kappa shape index (κ2) is 7.39. The summed E-state index contributed by atoms with van der Waals surface area (Å²) in [5, 5.41) is 13.5. The highest BCUT2D eigenvalue weighted by atomic mass is 35.5. The summed E-state index contributed by atoms with van der Waals surface area (Å²) in [7, 11) is 1.42. The largest absolute Gasteiger partial charge is 0.503 e. The molecule has 1 heterocycles. The number of nitrogens with zero attached hydrogens (tertiary/aromatic N) is 1. The summed E-state index contributed by atoms with van der Waals surface area (Å²) < 4.78 is 5.06. The first-order valence-electron chi connectivity index (χ1n) is 7.08. The van der Waals surface area contributed by atoms with Crippen LogP contribution >= 0.6 is 35.0 Å². The van der Waals surface area contributed by atoms with Gasteiger partial charge in [-0.1, -0.05) is 35.3 Å². The van der Waals surface area contributed by atoms with Gasteiger partial charge >= 0.3 is 0 Å². The van der Waals surface area contributed by atoms with Crippen molar-refractivity contribution in [2.45, 2.75) is 0 Å². The Balaban J connectivity index is 1.90. The van der Waals surface area contributed by atoms with Crippen LogP contribution in [-0.2, 0) is 4.79 Å². The highest BCUT2D eigenvalue weighted by Crippen LogP contribution is 2.37. The van der Waals surface area contributed by atoms with Gasteiger partial charge in [0, 0.05) is 0 Å². The lowest BCUT2D eigenvalue weighted by atomic mass is 10.2. The molecular weight excluding hydrogens is 383 g/mol. The zero-order valence-corrected chi connectivity index (χ0v) is 15.2. The number of hydrogen-bond acceptors (Lipinski definition) is 5. The first-order valence-corrected chi connectivity index (χ1v) is 8.66. The Kier molecular flexibility index (Phi) is 5.22. The quantitative estimate of drug-likeness (QED) is 0.746. The van der Waals surface area contributed by atoms with Crippen LogP contribution in [-0.4, -0.2) is 23.3 Å². The molecule has 1 saturated heterocycles. The van der Waals surface area contributed by atoms with Crippen molar-refractivity contribution in [3.8, 4) is 11.5 Å². The Morgan fingerprint density at radius 1 is 1.24 bits per heavy atom. The third-order valence-electron chi connectivity index (χ3n) is 3.29. The number of methoxy groups -OCH3 is 1. The molecule has 25 heavy (non-hydrogen) atoms. The third-order valence-corrected chi connectivity index (χ3v) is 4.81. The Morgan fingerprint density at radius 3 is 2.72 bits per heavy atom. The van der Waals surface area contributed by atoms with Crippen molar-refractivity contribution >= 4 is 57.8 Å². The van der Waals surface area contributed by atoms with Gasteiger partial charge < -0.3 is 15.2 Å². The minimum absolute atomic E-state index is 0.138. The molecule has 1 amide bonds. The van der Waals surface area contributed by atoms with E-state index in [1.807, 2.05) is 6.07 Å². The molecule has 0 spiro atoms. The van der Waals surface area contributed by atoms with Crippen LogP contribution in [0.4, 0.5) is 5.69 Å². The molecule has 2 aromatic rings. The van der Waals surface area contributed by atoms with Crippen LogP contribution in [0.1, 0.15) is 5.56 Å². The van der Waals surface area contributed by atoms with Gasteiger partial charge in [-0.3, -0.25) is 4.79 Å². The number of carbonyl (C=O) groups is 1. The van der Waals surface area contributed by atoms with Crippen LogP contribution in [0.2, 0.25) is 10.0 Å². The molecule has 128 valence electrons. The number of ether oxygens (including phenoxy) is 1. The number of nitrogens with one attached hydrogen (secondary N) is 1. The predicted octanol–water partition coefficient (Wildman–Crippen LogP) is 4.60. The average Bonchev–Trinajstić information content (AvgIpc) is 2.92. The number of halogens is 2. The van der Waals surface area contributed by atoms with Crippen LogP contribution in [0.15, 0.2) is 46.3 Å². The second-order valence-electron chi connectivity index (χ2n) is 4.99. The summed E-state index contributed by atoms with van der Waals surface area (Å²) in [6, 6.07) is 10.2. The second-order valence-corrected chi connectivity index (χ2v) is 6.83. The molecule has 0 unspecified atom stereocenters. The van der Waals surface area contributed by atoms with E-state index in [-0.39, 0.29) is 22.4 Å². The number of phenols is 1. The fourth-order valence-corrected chi connectivity index (χ4v) is 3.35. The maximum atomic E-state index is 12.1. The van der Waals surface area contributed by atoms with Gasteiger partial charge in [-0.15, -0.1) is 0 Å². The molecule has 3 rings (SSSR count). The first kappa shape index (κ1) is 17.7.